The maximum Gasteiger partial charge on any atom is 0.327 e. The van der Waals surface area contributed by atoms with Gasteiger partial charge in [-0.3, -0.25) is 0 Å². The van der Waals surface area contributed by atoms with Crippen molar-refractivity contribution in [1.82, 2.24) is 4.90 Å². The van der Waals surface area contributed by atoms with Crippen LogP contribution in [0.25, 0.3) is 0 Å². The molecule has 1 aliphatic heterocycles. The third-order valence-corrected chi connectivity index (χ3v) is 3.91. The Balaban J connectivity index is 2.10. The van der Waals surface area contributed by atoms with Crippen LogP contribution in [0.4, 0.5) is 10.5 Å². The highest BCUT2D eigenvalue weighted by atomic mass is 32.2. The number of urea groups is 1. The second-order valence-electron chi connectivity index (χ2n) is 4.63. The van der Waals surface area contributed by atoms with E-state index in [0.29, 0.717) is 17.3 Å². The van der Waals surface area contributed by atoms with Crippen molar-refractivity contribution >= 4 is 29.4 Å². The molecule has 0 radical (unpaired) electrons. The third-order valence-electron chi connectivity index (χ3n) is 2.90. The second-order valence-corrected chi connectivity index (χ2v) is 5.63. The van der Waals surface area contributed by atoms with E-state index in [0.717, 1.165) is 11.1 Å². The van der Waals surface area contributed by atoms with E-state index in [1.165, 1.54) is 16.7 Å². The number of amides is 2. The third kappa shape index (κ3) is 3.20. The van der Waals surface area contributed by atoms with Crippen LogP contribution in [0.1, 0.15) is 11.1 Å². The van der Waals surface area contributed by atoms with Crippen molar-refractivity contribution in [2.45, 2.75) is 19.9 Å². The summed E-state index contributed by atoms with van der Waals surface area (Å²) in [5, 5.41) is 11.8. The van der Waals surface area contributed by atoms with E-state index in [9.17, 15) is 9.59 Å². The van der Waals surface area contributed by atoms with Crippen LogP contribution in [0.2, 0.25) is 0 Å². The number of nitrogens with zero attached hydrogens (tertiary/aromatic N) is 1. The lowest BCUT2D eigenvalue weighted by molar-refractivity contribution is -0.140. The number of nitrogens with one attached hydrogen (secondary N) is 1. The van der Waals surface area contributed by atoms with Gasteiger partial charge in [-0.15, -0.1) is 11.8 Å². The number of thioether (sulfide) groups is 1. The smallest absolute Gasteiger partial charge is 0.327 e. The van der Waals surface area contributed by atoms with Crippen molar-refractivity contribution in [3.8, 4) is 0 Å². The number of carbonyl (C=O) groups is 2. The van der Waals surface area contributed by atoms with Crippen molar-refractivity contribution in [3.63, 3.8) is 0 Å². The van der Waals surface area contributed by atoms with E-state index >= 15 is 0 Å². The van der Waals surface area contributed by atoms with Crippen LogP contribution in [0, 0.1) is 13.8 Å². The van der Waals surface area contributed by atoms with Gasteiger partial charge in [0.25, 0.3) is 0 Å². The van der Waals surface area contributed by atoms with E-state index in [-0.39, 0.29) is 6.03 Å². The molecule has 19 heavy (non-hydrogen) atoms. The minimum Gasteiger partial charge on any atom is -0.480 e. The van der Waals surface area contributed by atoms with Crippen LogP contribution in [-0.4, -0.2) is 39.7 Å². The van der Waals surface area contributed by atoms with Gasteiger partial charge < -0.3 is 15.3 Å². The first-order valence-electron chi connectivity index (χ1n) is 5.94. The zero-order valence-corrected chi connectivity index (χ0v) is 11.7. The fourth-order valence-corrected chi connectivity index (χ4v) is 3.23. The van der Waals surface area contributed by atoms with Crippen molar-refractivity contribution in [3.05, 3.63) is 29.3 Å². The maximum absolute atomic E-state index is 12.1. The van der Waals surface area contributed by atoms with E-state index in [1.54, 1.807) is 0 Å². The number of carbonyl (C=O) groups excluding carboxylic acids is 1. The summed E-state index contributed by atoms with van der Waals surface area (Å²) in [5.74, 6) is -0.107. The Morgan fingerprint density at radius 2 is 1.95 bits per heavy atom. The summed E-state index contributed by atoms with van der Waals surface area (Å²) in [6, 6.07) is 4.65. The SMILES string of the molecule is Cc1cc(C)cc(NC(=O)N2CSC[C@H]2C(=O)O)c1. The van der Waals surface area contributed by atoms with Gasteiger partial charge in [0.05, 0.1) is 5.88 Å². The first kappa shape index (κ1) is 13.7. The Bertz CT molecular complexity index is 498. The van der Waals surface area contributed by atoms with Crippen molar-refractivity contribution in [2.24, 2.45) is 0 Å². The minimum absolute atomic E-state index is 0.359. The zero-order valence-electron chi connectivity index (χ0n) is 10.8. The molecule has 1 aromatic carbocycles. The molecule has 1 atom stereocenters. The average Bonchev–Trinajstić information content (AvgIpc) is 2.75. The van der Waals surface area contributed by atoms with Crippen LogP contribution in [0.3, 0.4) is 0 Å². The van der Waals surface area contributed by atoms with E-state index in [1.807, 2.05) is 32.0 Å². The maximum atomic E-state index is 12.1. The lowest BCUT2D eigenvalue weighted by Crippen LogP contribution is -2.43. The molecule has 1 saturated heterocycles. The number of aliphatic carboxylic acids is 1. The van der Waals surface area contributed by atoms with Gasteiger partial charge in [-0.05, 0) is 37.1 Å². The minimum atomic E-state index is -0.958. The summed E-state index contributed by atoms with van der Waals surface area (Å²) < 4.78 is 0. The average molecular weight is 280 g/mol. The Labute approximate surface area is 116 Å². The first-order chi connectivity index (χ1) is 8.97. The Kier molecular flexibility index (Phi) is 3.99. The highest BCUT2D eigenvalue weighted by molar-refractivity contribution is 7.99. The monoisotopic (exact) mass is 280 g/mol. The van der Waals surface area contributed by atoms with Gasteiger partial charge in [-0.2, -0.15) is 0 Å². The van der Waals surface area contributed by atoms with Gasteiger partial charge in [-0.1, -0.05) is 6.07 Å². The number of carboxylic acids is 1. The Hall–Kier alpha value is -1.69. The first-order valence-corrected chi connectivity index (χ1v) is 7.09. The van der Waals surface area contributed by atoms with E-state index in [2.05, 4.69) is 5.32 Å². The molecule has 2 N–H and O–H groups in total. The lowest BCUT2D eigenvalue weighted by Gasteiger charge is -2.21. The number of aryl methyl sites for hydroxylation is 2. The van der Waals surface area contributed by atoms with Gasteiger partial charge in [0.15, 0.2) is 0 Å². The summed E-state index contributed by atoms with van der Waals surface area (Å²) in [5.41, 5.74) is 2.81. The molecule has 0 spiro atoms. The quantitative estimate of drug-likeness (QED) is 0.872. The number of carboxylic acid groups (broad SMARTS) is 1. The zero-order chi connectivity index (χ0) is 14.0. The predicted molar refractivity (Wildman–Crippen MR) is 75.5 cm³/mol. The van der Waals surface area contributed by atoms with Crippen LogP contribution >= 0.6 is 11.8 Å². The highest BCUT2D eigenvalue weighted by Gasteiger charge is 2.34. The molecular weight excluding hydrogens is 264 g/mol. The van der Waals surface area contributed by atoms with Crippen LogP contribution in [0.5, 0.6) is 0 Å². The van der Waals surface area contributed by atoms with Crippen molar-refractivity contribution in [2.75, 3.05) is 16.9 Å². The summed E-state index contributed by atoms with van der Waals surface area (Å²) in [6.07, 6.45) is 0. The molecule has 6 heteroatoms. The molecule has 0 aromatic heterocycles. The molecule has 1 fully saturated rings. The van der Waals surface area contributed by atoms with E-state index in [4.69, 9.17) is 5.11 Å². The standard InChI is InChI=1S/C13H16N2O3S/c1-8-3-9(2)5-10(4-8)14-13(18)15-7-19-6-11(15)12(16)17/h3-5,11H,6-7H2,1-2H3,(H,14,18)(H,16,17)/t11-/m0/s1. The highest BCUT2D eigenvalue weighted by Crippen LogP contribution is 2.22. The number of hydrogen-bond acceptors (Lipinski definition) is 3. The fourth-order valence-electron chi connectivity index (χ4n) is 2.09. The second kappa shape index (κ2) is 5.52. The topological polar surface area (TPSA) is 69.6 Å². The Morgan fingerprint density at radius 1 is 1.32 bits per heavy atom. The fraction of sp³-hybridized carbons (Fsp3) is 0.385. The molecule has 0 saturated carbocycles. The largest absolute Gasteiger partial charge is 0.480 e. The summed E-state index contributed by atoms with van der Waals surface area (Å²) in [7, 11) is 0. The lowest BCUT2D eigenvalue weighted by atomic mass is 10.1. The van der Waals surface area contributed by atoms with Crippen molar-refractivity contribution < 1.29 is 14.7 Å². The predicted octanol–water partition coefficient (Wildman–Crippen LogP) is 2.29. The van der Waals surface area contributed by atoms with Gasteiger partial charge >= 0.3 is 12.0 Å². The molecule has 1 aromatic rings. The molecule has 0 aliphatic carbocycles. The van der Waals surface area contributed by atoms with Crippen LogP contribution in [-0.2, 0) is 4.79 Å². The Morgan fingerprint density at radius 3 is 2.53 bits per heavy atom. The number of rotatable bonds is 2. The molecule has 102 valence electrons. The number of benzene rings is 1. The van der Waals surface area contributed by atoms with E-state index < -0.39 is 12.0 Å². The number of hydrogen-bond donors (Lipinski definition) is 2. The summed E-state index contributed by atoms with van der Waals surface area (Å²) in [6.45, 7) is 3.91. The van der Waals surface area contributed by atoms with Crippen molar-refractivity contribution in [1.29, 1.82) is 0 Å². The van der Waals surface area contributed by atoms with Crippen LogP contribution < -0.4 is 5.32 Å². The summed E-state index contributed by atoms with van der Waals surface area (Å²) >= 11 is 1.45. The molecule has 1 aliphatic rings. The molecular formula is C13H16N2O3S. The van der Waals surface area contributed by atoms with Crippen LogP contribution in [0.15, 0.2) is 18.2 Å². The molecule has 2 rings (SSSR count). The van der Waals surface area contributed by atoms with Gasteiger partial charge in [0, 0.05) is 11.4 Å². The van der Waals surface area contributed by atoms with Gasteiger partial charge in [0.1, 0.15) is 6.04 Å². The van der Waals surface area contributed by atoms with Gasteiger partial charge in [0.2, 0.25) is 0 Å². The molecule has 1 heterocycles. The summed E-state index contributed by atoms with van der Waals surface area (Å²) in [4.78, 5) is 24.5. The number of anilines is 1. The molecule has 5 nitrogen and oxygen atoms in total. The molecule has 2 amide bonds. The van der Waals surface area contributed by atoms with Gasteiger partial charge in [-0.25, -0.2) is 9.59 Å². The molecule has 0 unspecified atom stereocenters. The normalized spacial score (nSPS) is 18.4. The molecule has 0 bridgehead atoms.